The van der Waals surface area contributed by atoms with Gasteiger partial charge in [-0.25, -0.2) is 0 Å². The topological polar surface area (TPSA) is 15.3 Å². The number of nitrogens with zero attached hydrogens (tertiary/aromatic N) is 1. The van der Waals surface area contributed by atoms with Crippen molar-refractivity contribution in [3.8, 4) is 0 Å². The van der Waals surface area contributed by atoms with E-state index in [0.717, 1.165) is 0 Å². The normalized spacial score (nSPS) is 25.6. The highest BCUT2D eigenvalue weighted by Gasteiger charge is 2.36. The van der Waals surface area contributed by atoms with Crippen molar-refractivity contribution in [1.29, 1.82) is 0 Å². The molecule has 0 bridgehead atoms. The van der Waals surface area contributed by atoms with Gasteiger partial charge in [0.15, 0.2) is 0 Å². The molecule has 1 heterocycles. The zero-order chi connectivity index (χ0) is 12.4. The molecule has 0 amide bonds. The lowest BCUT2D eigenvalue weighted by Crippen LogP contribution is -2.47. The molecular weight excluding hydrogens is 208 g/mol. The van der Waals surface area contributed by atoms with Crippen molar-refractivity contribution < 1.29 is 0 Å². The Kier molecular flexibility index (Phi) is 4.14. The van der Waals surface area contributed by atoms with Gasteiger partial charge in [-0.3, -0.25) is 0 Å². The first-order valence-electron chi connectivity index (χ1n) is 7.47. The summed E-state index contributed by atoms with van der Waals surface area (Å²) >= 11 is 0. The SMILES string of the molecule is CC(C)(C)NCC1(CN2CCCC2)CCCC1. The fraction of sp³-hybridized carbons (Fsp3) is 1.00. The van der Waals surface area contributed by atoms with Gasteiger partial charge in [-0.05, 0) is 65.0 Å². The van der Waals surface area contributed by atoms with Gasteiger partial charge in [-0.1, -0.05) is 12.8 Å². The highest BCUT2D eigenvalue weighted by Crippen LogP contribution is 2.39. The second-order valence-corrected chi connectivity index (χ2v) is 7.29. The van der Waals surface area contributed by atoms with Crippen molar-refractivity contribution in [3.63, 3.8) is 0 Å². The summed E-state index contributed by atoms with van der Waals surface area (Å²) in [5.41, 5.74) is 0.845. The largest absolute Gasteiger partial charge is 0.311 e. The standard InChI is InChI=1S/C15H30N2/c1-14(2,3)16-12-15(8-4-5-9-15)13-17-10-6-7-11-17/h16H,4-13H2,1-3H3. The van der Waals surface area contributed by atoms with Crippen molar-refractivity contribution in [2.24, 2.45) is 5.41 Å². The van der Waals surface area contributed by atoms with Gasteiger partial charge in [0, 0.05) is 18.6 Å². The molecule has 0 radical (unpaired) electrons. The van der Waals surface area contributed by atoms with Gasteiger partial charge < -0.3 is 10.2 Å². The lowest BCUT2D eigenvalue weighted by Gasteiger charge is -2.36. The van der Waals surface area contributed by atoms with E-state index in [0.29, 0.717) is 5.41 Å². The minimum Gasteiger partial charge on any atom is -0.311 e. The summed E-state index contributed by atoms with van der Waals surface area (Å²) in [6.45, 7) is 12.1. The van der Waals surface area contributed by atoms with Gasteiger partial charge in [0.2, 0.25) is 0 Å². The van der Waals surface area contributed by atoms with Gasteiger partial charge in [-0.2, -0.15) is 0 Å². The van der Waals surface area contributed by atoms with E-state index in [-0.39, 0.29) is 5.54 Å². The maximum atomic E-state index is 3.75. The predicted octanol–water partition coefficient (Wildman–Crippen LogP) is 3.03. The lowest BCUT2D eigenvalue weighted by molar-refractivity contribution is 0.160. The van der Waals surface area contributed by atoms with Crippen molar-refractivity contribution in [3.05, 3.63) is 0 Å². The predicted molar refractivity (Wildman–Crippen MR) is 74.3 cm³/mol. The smallest absolute Gasteiger partial charge is 0.00967 e. The fourth-order valence-electron chi connectivity index (χ4n) is 3.38. The second-order valence-electron chi connectivity index (χ2n) is 7.29. The molecule has 0 atom stereocenters. The van der Waals surface area contributed by atoms with Crippen LogP contribution in [0.15, 0.2) is 0 Å². The van der Waals surface area contributed by atoms with Crippen LogP contribution in [-0.4, -0.2) is 36.6 Å². The molecule has 2 aliphatic rings. The zero-order valence-corrected chi connectivity index (χ0v) is 12.0. The summed E-state index contributed by atoms with van der Waals surface area (Å²) in [6.07, 6.45) is 8.60. The van der Waals surface area contributed by atoms with Crippen LogP contribution in [0, 0.1) is 5.41 Å². The van der Waals surface area contributed by atoms with Gasteiger partial charge in [0.25, 0.3) is 0 Å². The van der Waals surface area contributed by atoms with Crippen molar-refractivity contribution in [2.45, 2.75) is 64.8 Å². The molecule has 2 rings (SSSR count). The number of hydrogen-bond acceptors (Lipinski definition) is 2. The molecule has 2 heteroatoms. The van der Waals surface area contributed by atoms with Crippen LogP contribution in [0.2, 0.25) is 0 Å². The van der Waals surface area contributed by atoms with Gasteiger partial charge in [0.1, 0.15) is 0 Å². The monoisotopic (exact) mass is 238 g/mol. The first-order chi connectivity index (χ1) is 7.99. The van der Waals surface area contributed by atoms with Gasteiger partial charge in [0.05, 0.1) is 0 Å². The van der Waals surface area contributed by atoms with E-state index in [4.69, 9.17) is 0 Å². The summed E-state index contributed by atoms with van der Waals surface area (Å²) in [5.74, 6) is 0. The Morgan fingerprint density at radius 1 is 1.00 bits per heavy atom. The summed E-state index contributed by atoms with van der Waals surface area (Å²) in [6, 6.07) is 0. The van der Waals surface area contributed by atoms with Crippen molar-refractivity contribution in [1.82, 2.24) is 10.2 Å². The molecule has 0 aromatic rings. The Morgan fingerprint density at radius 3 is 2.12 bits per heavy atom. The van der Waals surface area contributed by atoms with E-state index in [1.165, 1.54) is 64.7 Å². The van der Waals surface area contributed by atoms with Crippen LogP contribution in [-0.2, 0) is 0 Å². The fourth-order valence-corrected chi connectivity index (χ4v) is 3.38. The third kappa shape index (κ3) is 3.96. The van der Waals surface area contributed by atoms with E-state index in [2.05, 4.69) is 31.0 Å². The first-order valence-corrected chi connectivity index (χ1v) is 7.47. The molecule has 1 saturated heterocycles. The molecule has 1 N–H and O–H groups in total. The summed E-state index contributed by atoms with van der Waals surface area (Å²) in [7, 11) is 0. The Bertz CT molecular complexity index is 230. The molecule has 0 aromatic heterocycles. The highest BCUT2D eigenvalue weighted by atomic mass is 15.2. The second kappa shape index (κ2) is 5.27. The quantitative estimate of drug-likeness (QED) is 0.810. The Balaban J connectivity index is 1.89. The third-order valence-corrected chi connectivity index (χ3v) is 4.42. The average Bonchev–Trinajstić information content (AvgIpc) is 2.87. The molecule has 1 saturated carbocycles. The van der Waals surface area contributed by atoms with Crippen LogP contribution in [0.25, 0.3) is 0 Å². The molecule has 2 fully saturated rings. The van der Waals surface area contributed by atoms with E-state index in [1.54, 1.807) is 0 Å². The van der Waals surface area contributed by atoms with Gasteiger partial charge >= 0.3 is 0 Å². The summed E-state index contributed by atoms with van der Waals surface area (Å²) in [5, 5.41) is 3.75. The molecule has 100 valence electrons. The molecular formula is C15H30N2. The van der Waals surface area contributed by atoms with Crippen molar-refractivity contribution in [2.75, 3.05) is 26.2 Å². The van der Waals surface area contributed by atoms with Gasteiger partial charge in [-0.15, -0.1) is 0 Å². The minimum absolute atomic E-state index is 0.264. The summed E-state index contributed by atoms with van der Waals surface area (Å²) in [4.78, 5) is 2.70. The number of nitrogens with one attached hydrogen (secondary N) is 1. The van der Waals surface area contributed by atoms with E-state index >= 15 is 0 Å². The number of likely N-dealkylation sites (tertiary alicyclic amines) is 1. The number of hydrogen-bond donors (Lipinski definition) is 1. The average molecular weight is 238 g/mol. The molecule has 17 heavy (non-hydrogen) atoms. The molecule has 0 unspecified atom stereocenters. The van der Waals surface area contributed by atoms with Crippen LogP contribution in [0.1, 0.15) is 59.3 Å². The maximum absolute atomic E-state index is 3.75. The minimum atomic E-state index is 0.264. The van der Waals surface area contributed by atoms with Crippen molar-refractivity contribution >= 4 is 0 Å². The third-order valence-electron chi connectivity index (χ3n) is 4.42. The van der Waals surface area contributed by atoms with E-state index in [9.17, 15) is 0 Å². The first kappa shape index (κ1) is 13.4. The Hall–Kier alpha value is -0.0800. The summed E-state index contributed by atoms with van der Waals surface area (Å²) < 4.78 is 0. The molecule has 1 aliphatic heterocycles. The van der Waals surface area contributed by atoms with E-state index < -0.39 is 0 Å². The Morgan fingerprint density at radius 2 is 1.59 bits per heavy atom. The van der Waals surface area contributed by atoms with Crippen LogP contribution in [0.5, 0.6) is 0 Å². The number of rotatable bonds is 4. The van der Waals surface area contributed by atoms with Crippen LogP contribution in [0.3, 0.4) is 0 Å². The lowest BCUT2D eigenvalue weighted by atomic mass is 9.84. The molecule has 0 aromatic carbocycles. The Labute approximate surface area is 107 Å². The molecule has 1 aliphatic carbocycles. The van der Waals surface area contributed by atoms with Crippen LogP contribution < -0.4 is 5.32 Å². The van der Waals surface area contributed by atoms with Crippen LogP contribution in [0.4, 0.5) is 0 Å². The zero-order valence-electron chi connectivity index (χ0n) is 12.0. The molecule has 2 nitrogen and oxygen atoms in total. The highest BCUT2D eigenvalue weighted by molar-refractivity contribution is 4.92. The van der Waals surface area contributed by atoms with E-state index in [1.807, 2.05) is 0 Å². The van der Waals surface area contributed by atoms with Crippen LogP contribution >= 0.6 is 0 Å². The maximum Gasteiger partial charge on any atom is 0.00967 e. The molecule has 0 spiro atoms.